The second-order valence-corrected chi connectivity index (χ2v) is 13.3. The summed E-state index contributed by atoms with van der Waals surface area (Å²) in [4.78, 5) is 53.8. The van der Waals surface area contributed by atoms with Crippen molar-refractivity contribution < 1.29 is 23.5 Å². The van der Waals surface area contributed by atoms with Crippen LogP contribution in [-0.2, 0) is 16.0 Å². The molecule has 1 saturated heterocycles. The van der Waals surface area contributed by atoms with Gasteiger partial charge in [-0.25, -0.2) is 14.4 Å². The second kappa shape index (κ2) is 14.9. The molecule has 3 heterocycles. The number of nitrogens with one attached hydrogen (secondary N) is 2. The summed E-state index contributed by atoms with van der Waals surface area (Å²) >= 11 is 0. The van der Waals surface area contributed by atoms with Crippen molar-refractivity contribution in [1.82, 2.24) is 34.8 Å². The van der Waals surface area contributed by atoms with E-state index in [1.54, 1.807) is 65.0 Å². The smallest absolute Gasteiger partial charge is 0.274 e. The van der Waals surface area contributed by atoms with E-state index < -0.39 is 23.5 Å². The van der Waals surface area contributed by atoms with Crippen LogP contribution in [0.15, 0.2) is 79.3 Å². The number of aromatic nitrogens is 3. The van der Waals surface area contributed by atoms with Gasteiger partial charge in [0.05, 0.1) is 18.6 Å². The number of para-hydroxylation sites is 1. The van der Waals surface area contributed by atoms with Gasteiger partial charge >= 0.3 is 0 Å². The van der Waals surface area contributed by atoms with Crippen LogP contribution in [0.4, 0.5) is 4.39 Å². The van der Waals surface area contributed by atoms with Crippen LogP contribution in [0.25, 0.3) is 5.78 Å². The molecule has 48 heavy (non-hydrogen) atoms. The summed E-state index contributed by atoms with van der Waals surface area (Å²) in [5.74, 6) is -0.0984. The highest BCUT2D eigenvalue weighted by Gasteiger charge is 2.44. The van der Waals surface area contributed by atoms with Crippen molar-refractivity contribution in [2.75, 3.05) is 26.7 Å². The molecule has 0 bridgehead atoms. The third kappa shape index (κ3) is 8.35. The number of carbonyl (C=O) groups excluding carboxylic acids is 3. The lowest BCUT2D eigenvalue weighted by molar-refractivity contribution is -0.141. The Bertz CT molecular complexity index is 1670. The first kappa shape index (κ1) is 34.5. The minimum Gasteiger partial charge on any atom is -0.489 e. The molecule has 3 amide bonds. The van der Waals surface area contributed by atoms with Crippen LogP contribution in [0.5, 0.6) is 5.75 Å². The molecule has 11 nitrogen and oxygen atoms in total. The molecule has 5 rings (SSSR count). The number of benzene rings is 2. The van der Waals surface area contributed by atoms with E-state index in [4.69, 9.17) is 4.74 Å². The van der Waals surface area contributed by atoms with Gasteiger partial charge in [0.1, 0.15) is 29.4 Å². The van der Waals surface area contributed by atoms with Crippen LogP contribution < -0.4 is 15.4 Å². The highest BCUT2D eigenvalue weighted by atomic mass is 19.1. The Balaban J connectivity index is 1.46. The number of halogens is 1. The summed E-state index contributed by atoms with van der Waals surface area (Å²) in [6.07, 6.45) is 5.61. The van der Waals surface area contributed by atoms with Crippen LogP contribution in [0.3, 0.4) is 0 Å². The molecule has 4 aromatic rings. The van der Waals surface area contributed by atoms with Crippen LogP contribution in [0.2, 0.25) is 0 Å². The maximum Gasteiger partial charge on any atom is 0.274 e. The summed E-state index contributed by atoms with van der Waals surface area (Å²) in [6, 6.07) is 15.6. The monoisotopic (exact) mass is 657 g/mol. The molecular weight excluding hydrogens is 613 g/mol. The molecule has 2 N–H and O–H groups in total. The molecule has 2 aromatic heterocycles. The molecule has 1 fully saturated rings. The number of fused-ring (bicyclic) bond motifs is 1. The van der Waals surface area contributed by atoms with E-state index in [-0.39, 0.29) is 48.4 Å². The maximum atomic E-state index is 14.5. The van der Waals surface area contributed by atoms with E-state index in [0.29, 0.717) is 30.9 Å². The number of amides is 3. The van der Waals surface area contributed by atoms with Crippen molar-refractivity contribution in [3.63, 3.8) is 0 Å². The third-order valence-corrected chi connectivity index (χ3v) is 8.69. The fourth-order valence-electron chi connectivity index (χ4n) is 5.85. The van der Waals surface area contributed by atoms with Crippen molar-refractivity contribution in [3.8, 4) is 5.75 Å². The van der Waals surface area contributed by atoms with E-state index in [0.717, 1.165) is 5.56 Å². The number of ether oxygens (including phenoxy) is 1. The van der Waals surface area contributed by atoms with Gasteiger partial charge in [-0.1, -0.05) is 51.1 Å². The van der Waals surface area contributed by atoms with Crippen molar-refractivity contribution in [2.45, 2.75) is 64.8 Å². The largest absolute Gasteiger partial charge is 0.489 e. The van der Waals surface area contributed by atoms with E-state index in [9.17, 15) is 18.8 Å². The highest BCUT2D eigenvalue weighted by Crippen LogP contribution is 2.29. The third-order valence-electron chi connectivity index (χ3n) is 8.69. The lowest BCUT2D eigenvalue weighted by atomic mass is 9.85. The minimum absolute atomic E-state index is 0.194. The zero-order valence-corrected chi connectivity index (χ0v) is 28.1. The first-order valence-corrected chi connectivity index (χ1v) is 16.3. The predicted octanol–water partition coefficient (Wildman–Crippen LogP) is 3.74. The van der Waals surface area contributed by atoms with Crippen molar-refractivity contribution >= 4 is 23.5 Å². The number of nitrogens with zero attached hydrogens (tertiary/aromatic N) is 5. The van der Waals surface area contributed by atoms with Crippen molar-refractivity contribution in [2.24, 2.45) is 5.41 Å². The normalized spacial score (nSPS) is 17.6. The first-order valence-electron chi connectivity index (χ1n) is 16.3. The standard InChI is InChI=1S/C36H44FN7O4/c1-24(38-5)32(45)41-31(36(2,3)4)34(47)44-22-29(48-28-10-7-6-8-11-28)20-27(44)21-42(19-16-25-12-14-26(37)15-13-25)33(46)30-23-43-18-9-17-39-35(43)40-30/h6-15,17-18,23-24,27,29,31,38H,16,19-22H2,1-5H3,(H,41,45). The Labute approximate surface area is 280 Å². The van der Waals surface area contributed by atoms with Gasteiger partial charge in [-0.15, -0.1) is 0 Å². The molecule has 4 atom stereocenters. The molecule has 254 valence electrons. The summed E-state index contributed by atoms with van der Waals surface area (Å²) in [5, 5.41) is 5.91. The number of likely N-dealkylation sites (N-methyl/N-ethyl adjacent to an activating group) is 1. The molecule has 2 aromatic carbocycles. The van der Waals surface area contributed by atoms with E-state index >= 15 is 0 Å². The molecule has 12 heteroatoms. The zero-order chi connectivity index (χ0) is 34.4. The molecule has 0 saturated carbocycles. The van der Waals surface area contributed by atoms with E-state index in [1.807, 2.05) is 51.1 Å². The summed E-state index contributed by atoms with van der Waals surface area (Å²) in [7, 11) is 1.69. The Morgan fingerprint density at radius 2 is 1.81 bits per heavy atom. The molecule has 4 unspecified atom stereocenters. The van der Waals surface area contributed by atoms with Crippen molar-refractivity contribution in [3.05, 3.63) is 96.3 Å². The van der Waals surface area contributed by atoms with Gasteiger partial charge in [-0.3, -0.25) is 18.8 Å². The van der Waals surface area contributed by atoms with Gasteiger partial charge in [0, 0.05) is 38.1 Å². The second-order valence-electron chi connectivity index (χ2n) is 13.3. The summed E-state index contributed by atoms with van der Waals surface area (Å²) in [6.45, 7) is 8.26. The lowest BCUT2D eigenvalue weighted by Crippen LogP contribution is -2.59. The average Bonchev–Trinajstić information content (AvgIpc) is 3.69. The molecular formula is C36H44FN7O4. The van der Waals surface area contributed by atoms with Crippen LogP contribution in [-0.4, -0.2) is 92.8 Å². The average molecular weight is 658 g/mol. The Morgan fingerprint density at radius 3 is 2.48 bits per heavy atom. The van der Waals surface area contributed by atoms with Crippen LogP contribution >= 0.6 is 0 Å². The molecule has 0 aliphatic carbocycles. The van der Waals surface area contributed by atoms with Gasteiger partial charge in [0.15, 0.2) is 0 Å². The molecule has 0 spiro atoms. The number of likely N-dealkylation sites (tertiary alicyclic amines) is 1. The van der Waals surface area contributed by atoms with Crippen LogP contribution in [0, 0.1) is 11.2 Å². The number of imidazole rings is 1. The number of hydrogen-bond acceptors (Lipinski definition) is 7. The minimum atomic E-state index is -0.827. The zero-order valence-electron chi connectivity index (χ0n) is 28.1. The Morgan fingerprint density at radius 1 is 1.08 bits per heavy atom. The quantitative estimate of drug-likeness (QED) is 0.238. The number of carbonyl (C=O) groups is 3. The fourth-order valence-corrected chi connectivity index (χ4v) is 5.85. The lowest BCUT2D eigenvalue weighted by Gasteiger charge is -2.37. The van der Waals surface area contributed by atoms with Crippen molar-refractivity contribution in [1.29, 1.82) is 0 Å². The predicted molar refractivity (Wildman–Crippen MR) is 180 cm³/mol. The summed E-state index contributed by atoms with van der Waals surface area (Å²) in [5.41, 5.74) is 0.483. The van der Waals surface area contributed by atoms with Gasteiger partial charge in [-0.2, -0.15) is 0 Å². The van der Waals surface area contributed by atoms with Gasteiger partial charge < -0.3 is 25.2 Å². The topological polar surface area (TPSA) is 121 Å². The van der Waals surface area contributed by atoms with E-state index in [1.165, 1.54) is 12.1 Å². The molecule has 1 aliphatic heterocycles. The Kier molecular flexibility index (Phi) is 10.7. The number of hydrogen-bond donors (Lipinski definition) is 2. The first-order chi connectivity index (χ1) is 22.9. The van der Waals surface area contributed by atoms with Gasteiger partial charge in [0.2, 0.25) is 17.6 Å². The Hall–Kier alpha value is -4.84. The SMILES string of the molecule is CNC(C)C(=O)NC(C(=O)N1CC(Oc2ccccc2)CC1CN(CCc1ccc(F)cc1)C(=O)c1cn2cccnc2n1)C(C)(C)C. The van der Waals surface area contributed by atoms with Gasteiger partial charge in [-0.05, 0) is 61.7 Å². The molecule has 1 aliphatic rings. The number of rotatable bonds is 12. The summed E-state index contributed by atoms with van der Waals surface area (Å²) < 4.78 is 21.7. The van der Waals surface area contributed by atoms with E-state index in [2.05, 4.69) is 20.6 Å². The van der Waals surface area contributed by atoms with Crippen LogP contribution in [0.1, 0.15) is 50.2 Å². The molecule has 0 radical (unpaired) electrons. The maximum absolute atomic E-state index is 14.5. The van der Waals surface area contributed by atoms with Gasteiger partial charge in [0.25, 0.3) is 5.91 Å². The fraction of sp³-hybridized carbons (Fsp3) is 0.417. The highest BCUT2D eigenvalue weighted by molar-refractivity contribution is 5.93.